The van der Waals surface area contributed by atoms with Crippen molar-refractivity contribution >= 4 is 21.1 Å². The summed E-state index contributed by atoms with van der Waals surface area (Å²) in [5, 5.41) is 0. The van der Waals surface area contributed by atoms with Crippen LogP contribution in [0, 0.1) is 0 Å². The van der Waals surface area contributed by atoms with Crippen LogP contribution in [0.1, 0.15) is 25.0 Å². The fourth-order valence-corrected chi connectivity index (χ4v) is 2.90. The molecule has 0 aromatic heterocycles. The molecule has 3 nitrogen and oxygen atoms in total. The maximum absolute atomic E-state index is 11.9. The molecule has 0 aliphatic carbocycles. The van der Waals surface area contributed by atoms with Crippen LogP contribution in [-0.2, 0) is 9.84 Å². The molecule has 1 rings (SSSR count). The maximum Gasteiger partial charge on any atom is 0.176 e. The molecule has 0 heterocycles. The lowest BCUT2D eigenvalue weighted by molar-refractivity contribution is 0.601. The summed E-state index contributed by atoms with van der Waals surface area (Å²) in [6.45, 7) is 7.47. The normalized spacial score (nSPS) is 13.5. The number of sulfone groups is 1. The van der Waals surface area contributed by atoms with E-state index in [2.05, 4.69) is 11.6 Å². The molecular weight excluding hydrogens is 258 g/mol. The third-order valence-electron chi connectivity index (χ3n) is 2.96. The highest BCUT2D eigenvalue weighted by Crippen LogP contribution is 2.27. The molecule has 4 heteroatoms. The molecule has 0 bridgehead atoms. The molecule has 0 radical (unpaired) electrons. The van der Waals surface area contributed by atoms with Gasteiger partial charge in [0.1, 0.15) is 0 Å². The van der Waals surface area contributed by atoms with E-state index in [1.165, 1.54) is 6.26 Å². The largest absolute Gasteiger partial charge is 0.293 e. The Morgan fingerprint density at radius 3 is 2.42 bits per heavy atom. The van der Waals surface area contributed by atoms with Gasteiger partial charge in [0, 0.05) is 24.6 Å². The topological polar surface area (TPSA) is 46.5 Å². The van der Waals surface area contributed by atoms with Gasteiger partial charge in [-0.15, -0.1) is 0 Å². The zero-order chi connectivity index (χ0) is 14.6. The van der Waals surface area contributed by atoms with Gasteiger partial charge in [-0.3, -0.25) is 4.99 Å². The van der Waals surface area contributed by atoms with Gasteiger partial charge in [0.2, 0.25) is 0 Å². The van der Waals surface area contributed by atoms with E-state index in [-0.39, 0.29) is 0 Å². The number of nitrogens with zero attached hydrogens (tertiary/aromatic N) is 1. The Labute approximate surface area is 115 Å². The Balaban J connectivity index is 3.82. The SMILES string of the molecule is C=C/C(=C\C)c1cccc(S(C)(=O)=O)c1C(C)=NC. The summed E-state index contributed by atoms with van der Waals surface area (Å²) < 4.78 is 23.9. The number of rotatable bonds is 4. The Kier molecular flexibility index (Phi) is 4.84. The summed E-state index contributed by atoms with van der Waals surface area (Å²) in [4.78, 5) is 4.44. The van der Waals surface area contributed by atoms with Gasteiger partial charge in [0.25, 0.3) is 0 Å². The van der Waals surface area contributed by atoms with Crippen molar-refractivity contribution in [3.63, 3.8) is 0 Å². The van der Waals surface area contributed by atoms with Crippen LogP contribution in [0.2, 0.25) is 0 Å². The standard InChI is InChI=1S/C15H19NO2S/c1-6-12(7-2)13-9-8-10-14(19(5,17)18)15(13)11(3)16-4/h6-10H,1H2,2-5H3/b12-7+,16-11?. The van der Waals surface area contributed by atoms with Crippen molar-refractivity contribution in [2.45, 2.75) is 18.7 Å². The first kappa shape index (κ1) is 15.4. The van der Waals surface area contributed by atoms with Crippen LogP contribution in [0.3, 0.4) is 0 Å². The minimum atomic E-state index is -3.30. The summed E-state index contributed by atoms with van der Waals surface area (Å²) in [7, 11) is -1.65. The first-order valence-electron chi connectivity index (χ1n) is 5.92. The summed E-state index contributed by atoms with van der Waals surface area (Å²) >= 11 is 0. The van der Waals surface area contributed by atoms with Crippen molar-refractivity contribution in [2.24, 2.45) is 4.99 Å². The third-order valence-corrected chi connectivity index (χ3v) is 4.10. The smallest absolute Gasteiger partial charge is 0.176 e. The molecule has 0 amide bonds. The van der Waals surface area contributed by atoms with E-state index in [1.54, 1.807) is 25.3 Å². The van der Waals surface area contributed by atoms with Crippen LogP contribution in [0.5, 0.6) is 0 Å². The van der Waals surface area contributed by atoms with E-state index in [1.807, 2.05) is 26.0 Å². The first-order chi connectivity index (χ1) is 8.86. The van der Waals surface area contributed by atoms with E-state index in [0.717, 1.165) is 11.1 Å². The van der Waals surface area contributed by atoms with Gasteiger partial charge >= 0.3 is 0 Å². The van der Waals surface area contributed by atoms with Gasteiger partial charge in [-0.2, -0.15) is 0 Å². The van der Waals surface area contributed by atoms with Crippen molar-refractivity contribution in [1.82, 2.24) is 0 Å². The highest BCUT2D eigenvalue weighted by atomic mass is 32.2. The molecule has 0 saturated heterocycles. The van der Waals surface area contributed by atoms with Crippen LogP contribution in [-0.4, -0.2) is 27.4 Å². The second-order valence-corrected chi connectivity index (χ2v) is 6.19. The van der Waals surface area contributed by atoms with Gasteiger partial charge in [-0.05, 0) is 31.1 Å². The van der Waals surface area contributed by atoms with E-state index in [4.69, 9.17) is 0 Å². The number of aliphatic imine (C=N–C) groups is 1. The second kappa shape index (κ2) is 5.97. The van der Waals surface area contributed by atoms with Gasteiger partial charge < -0.3 is 0 Å². The number of hydrogen-bond donors (Lipinski definition) is 0. The Morgan fingerprint density at radius 2 is 2.00 bits per heavy atom. The zero-order valence-corrected chi connectivity index (χ0v) is 12.6. The second-order valence-electron chi connectivity index (χ2n) is 4.21. The van der Waals surface area contributed by atoms with E-state index in [0.29, 0.717) is 16.2 Å². The van der Waals surface area contributed by atoms with Crippen LogP contribution < -0.4 is 0 Å². The maximum atomic E-state index is 11.9. The molecule has 19 heavy (non-hydrogen) atoms. The summed E-state index contributed by atoms with van der Waals surface area (Å²) in [6.07, 6.45) is 4.83. The molecule has 0 aliphatic rings. The van der Waals surface area contributed by atoms with E-state index in [9.17, 15) is 8.42 Å². The Morgan fingerprint density at radius 1 is 1.37 bits per heavy atom. The lowest BCUT2D eigenvalue weighted by Gasteiger charge is -2.14. The van der Waals surface area contributed by atoms with Crippen LogP contribution in [0.4, 0.5) is 0 Å². The van der Waals surface area contributed by atoms with Crippen LogP contribution >= 0.6 is 0 Å². The summed E-state index contributed by atoms with van der Waals surface area (Å²) in [5.41, 5.74) is 3.07. The van der Waals surface area contributed by atoms with Crippen molar-refractivity contribution in [2.75, 3.05) is 13.3 Å². The van der Waals surface area contributed by atoms with E-state index < -0.39 is 9.84 Å². The molecule has 0 unspecified atom stereocenters. The summed E-state index contributed by atoms with van der Waals surface area (Å²) in [5.74, 6) is 0. The van der Waals surface area contributed by atoms with Crippen molar-refractivity contribution in [3.8, 4) is 0 Å². The molecule has 0 N–H and O–H groups in total. The zero-order valence-electron chi connectivity index (χ0n) is 11.8. The number of benzene rings is 1. The lowest BCUT2D eigenvalue weighted by atomic mass is 9.96. The average molecular weight is 277 g/mol. The third kappa shape index (κ3) is 3.20. The van der Waals surface area contributed by atoms with Gasteiger partial charge in [0.05, 0.1) is 4.90 Å². The van der Waals surface area contributed by atoms with Crippen LogP contribution in [0.25, 0.3) is 5.57 Å². The monoisotopic (exact) mass is 277 g/mol. The molecule has 0 aliphatic heterocycles. The Hall–Kier alpha value is -1.68. The van der Waals surface area contributed by atoms with Crippen molar-refractivity contribution in [3.05, 3.63) is 48.1 Å². The van der Waals surface area contributed by atoms with Crippen molar-refractivity contribution in [1.29, 1.82) is 0 Å². The first-order valence-corrected chi connectivity index (χ1v) is 7.81. The van der Waals surface area contributed by atoms with Gasteiger partial charge in [-0.25, -0.2) is 8.42 Å². The molecule has 102 valence electrons. The van der Waals surface area contributed by atoms with Crippen LogP contribution in [0.15, 0.2) is 46.8 Å². The molecule has 0 atom stereocenters. The quantitative estimate of drug-likeness (QED) is 0.627. The van der Waals surface area contributed by atoms with Gasteiger partial charge in [0.15, 0.2) is 9.84 Å². The highest BCUT2D eigenvalue weighted by Gasteiger charge is 2.19. The highest BCUT2D eigenvalue weighted by molar-refractivity contribution is 7.90. The average Bonchev–Trinajstić information content (AvgIpc) is 2.38. The molecule has 0 fully saturated rings. The molecular formula is C15H19NO2S. The predicted molar refractivity (Wildman–Crippen MR) is 81.5 cm³/mol. The van der Waals surface area contributed by atoms with Gasteiger partial charge in [-0.1, -0.05) is 30.9 Å². The minimum absolute atomic E-state index is 0.300. The number of hydrogen-bond acceptors (Lipinski definition) is 3. The number of allylic oxidation sites excluding steroid dienone is 3. The van der Waals surface area contributed by atoms with Crippen molar-refractivity contribution < 1.29 is 8.42 Å². The molecule has 0 saturated carbocycles. The minimum Gasteiger partial charge on any atom is -0.293 e. The fraction of sp³-hybridized carbons (Fsp3) is 0.267. The fourth-order valence-electron chi connectivity index (χ4n) is 1.95. The predicted octanol–water partition coefficient (Wildman–Crippen LogP) is 3.12. The molecule has 1 aromatic rings. The van der Waals surface area contributed by atoms with E-state index >= 15 is 0 Å². The molecule has 0 spiro atoms. The Bertz CT molecular complexity index is 653. The summed E-state index contributed by atoms with van der Waals surface area (Å²) in [6, 6.07) is 5.24. The molecule has 1 aromatic carbocycles. The lowest BCUT2D eigenvalue weighted by Crippen LogP contribution is -2.09.